The first-order valence-electron chi connectivity index (χ1n) is 8.04. The van der Waals surface area contributed by atoms with E-state index in [1.165, 1.54) is 19.4 Å². The van der Waals surface area contributed by atoms with Crippen molar-refractivity contribution in [2.75, 3.05) is 24.5 Å². The molecule has 21 heavy (non-hydrogen) atoms. The van der Waals surface area contributed by atoms with Crippen molar-refractivity contribution in [3.63, 3.8) is 0 Å². The molecule has 4 nitrogen and oxygen atoms in total. The number of nitrogens with zero attached hydrogens (tertiary/aromatic N) is 3. The second-order valence-corrected chi connectivity index (χ2v) is 6.50. The predicted octanol–water partition coefficient (Wildman–Crippen LogP) is 2.54. The molecule has 112 valence electrons. The van der Waals surface area contributed by atoms with E-state index >= 15 is 0 Å². The number of aryl methyl sites for hydroxylation is 2. The standard InChI is InChI=1S/C17H24N4/c1-12-9-13(2)20-17(16(12)10-18)21-7-5-15(6-8-21)19-11-14-3-4-14/h9,14-15,19H,3-8,11H2,1-2H3. The molecule has 1 N–H and O–H groups in total. The monoisotopic (exact) mass is 284 g/mol. The first-order chi connectivity index (χ1) is 10.2. The molecule has 2 heterocycles. The fourth-order valence-electron chi connectivity index (χ4n) is 3.13. The highest BCUT2D eigenvalue weighted by Gasteiger charge is 2.25. The van der Waals surface area contributed by atoms with Crippen molar-refractivity contribution >= 4 is 5.82 Å². The molecule has 1 aliphatic carbocycles. The summed E-state index contributed by atoms with van der Waals surface area (Å²) in [6.07, 6.45) is 5.10. The van der Waals surface area contributed by atoms with Crippen LogP contribution < -0.4 is 10.2 Å². The van der Waals surface area contributed by atoms with Gasteiger partial charge in [-0.15, -0.1) is 0 Å². The summed E-state index contributed by atoms with van der Waals surface area (Å²) in [4.78, 5) is 6.91. The Labute approximate surface area is 127 Å². The Hall–Kier alpha value is -1.60. The summed E-state index contributed by atoms with van der Waals surface area (Å²) in [5.41, 5.74) is 2.77. The average molecular weight is 284 g/mol. The largest absolute Gasteiger partial charge is 0.355 e. The Morgan fingerprint density at radius 1 is 1.29 bits per heavy atom. The molecule has 0 bridgehead atoms. The maximum atomic E-state index is 9.40. The molecule has 1 aromatic rings. The number of hydrogen-bond acceptors (Lipinski definition) is 4. The van der Waals surface area contributed by atoms with Crippen LogP contribution in [0.2, 0.25) is 0 Å². The minimum atomic E-state index is 0.637. The summed E-state index contributed by atoms with van der Waals surface area (Å²) in [5.74, 6) is 1.82. The highest BCUT2D eigenvalue weighted by Crippen LogP contribution is 2.29. The van der Waals surface area contributed by atoms with E-state index in [0.29, 0.717) is 6.04 Å². The van der Waals surface area contributed by atoms with Gasteiger partial charge in [-0.2, -0.15) is 5.26 Å². The molecule has 0 aromatic carbocycles. The lowest BCUT2D eigenvalue weighted by molar-refractivity contribution is 0.407. The number of aromatic nitrogens is 1. The Balaban J connectivity index is 1.64. The van der Waals surface area contributed by atoms with Crippen LogP contribution in [0.15, 0.2) is 6.07 Å². The van der Waals surface area contributed by atoms with E-state index in [9.17, 15) is 5.26 Å². The molecule has 0 spiro atoms. The zero-order valence-corrected chi connectivity index (χ0v) is 13.0. The van der Waals surface area contributed by atoms with Gasteiger partial charge in [0.15, 0.2) is 0 Å². The minimum absolute atomic E-state index is 0.637. The van der Waals surface area contributed by atoms with Crippen molar-refractivity contribution in [2.24, 2.45) is 5.92 Å². The molecule has 1 saturated carbocycles. The molecule has 1 saturated heterocycles. The van der Waals surface area contributed by atoms with Crippen LogP contribution in [0.5, 0.6) is 0 Å². The number of rotatable bonds is 4. The summed E-state index contributed by atoms with van der Waals surface area (Å²) >= 11 is 0. The second-order valence-electron chi connectivity index (χ2n) is 6.50. The summed E-state index contributed by atoms with van der Waals surface area (Å²) < 4.78 is 0. The first kappa shape index (κ1) is 14.3. The van der Waals surface area contributed by atoms with E-state index in [2.05, 4.69) is 21.3 Å². The van der Waals surface area contributed by atoms with E-state index in [4.69, 9.17) is 0 Å². The number of nitrogens with one attached hydrogen (secondary N) is 1. The van der Waals surface area contributed by atoms with E-state index in [1.807, 2.05) is 19.9 Å². The molecule has 4 heteroatoms. The molecule has 3 rings (SSSR count). The third-order valence-electron chi connectivity index (χ3n) is 4.62. The van der Waals surface area contributed by atoms with Crippen molar-refractivity contribution in [3.8, 4) is 6.07 Å². The van der Waals surface area contributed by atoms with Crippen LogP contribution in [0.25, 0.3) is 0 Å². The zero-order valence-electron chi connectivity index (χ0n) is 13.0. The van der Waals surface area contributed by atoms with Crippen LogP contribution in [-0.4, -0.2) is 30.7 Å². The molecular formula is C17H24N4. The maximum absolute atomic E-state index is 9.40. The number of piperidine rings is 1. The van der Waals surface area contributed by atoms with Crippen LogP contribution in [0, 0.1) is 31.1 Å². The fraction of sp³-hybridized carbons (Fsp3) is 0.647. The Kier molecular flexibility index (Phi) is 4.12. The van der Waals surface area contributed by atoms with Crippen molar-refractivity contribution in [3.05, 3.63) is 22.9 Å². The summed E-state index contributed by atoms with van der Waals surface area (Å²) in [6, 6.07) is 4.96. The maximum Gasteiger partial charge on any atom is 0.147 e. The second kappa shape index (κ2) is 6.03. The van der Waals surface area contributed by atoms with Crippen LogP contribution >= 0.6 is 0 Å². The van der Waals surface area contributed by atoms with Gasteiger partial charge in [-0.1, -0.05) is 0 Å². The fourth-order valence-corrected chi connectivity index (χ4v) is 3.13. The van der Waals surface area contributed by atoms with Gasteiger partial charge < -0.3 is 10.2 Å². The van der Waals surface area contributed by atoms with Gasteiger partial charge in [0.05, 0.1) is 5.56 Å². The Morgan fingerprint density at radius 3 is 2.62 bits per heavy atom. The van der Waals surface area contributed by atoms with Crippen molar-refractivity contribution < 1.29 is 0 Å². The summed E-state index contributed by atoms with van der Waals surface area (Å²) in [7, 11) is 0. The third kappa shape index (κ3) is 3.36. The Bertz CT molecular complexity index is 549. The number of hydrogen-bond donors (Lipinski definition) is 1. The topological polar surface area (TPSA) is 52.0 Å². The SMILES string of the molecule is Cc1cc(C)c(C#N)c(N2CCC(NCC3CC3)CC2)n1. The highest BCUT2D eigenvalue weighted by atomic mass is 15.2. The van der Waals surface area contributed by atoms with Gasteiger partial charge >= 0.3 is 0 Å². The van der Waals surface area contributed by atoms with E-state index < -0.39 is 0 Å². The van der Waals surface area contributed by atoms with Gasteiger partial charge in [0, 0.05) is 24.8 Å². The van der Waals surface area contributed by atoms with Gasteiger partial charge in [0.25, 0.3) is 0 Å². The van der Waals surface area contributed by atoms with Gasteiger partial charge in [-0.25, -0.2) is 4.98 Å². The van der Waals surface area contributed by atoms with Crippen LogP contribution in [0.4, 0.5) is 5.82 Å². The quantitative estimate of drug-likeness (QED) is 0.923. The number of nitriles is 1. The first-order valence-corrected chi connectivity index (χ1v) is 8.04. The molecule has 1 aliphatic heterocycles. The molecule has 1 aromatic heterocycles. The average Bonchev–Trinajstić information content (AvgIpc) is 3.29. The number of pyridine rings is 1. The predicted molar refractivity (Wildman–Crippen MR) is 84.4 cm³/mol. The van der Waals surface area contributed by atoms with Gasteiger partial charge in [-0.3, -0.25) is 0 Å². The zero-order chi connectivity index (χ0) is 14.8. The molecular weight excluding hydrogens is 260 g/mol. The van der Waals surface area contributed by atoms with E-state index in [1.54, 1.807) is 0 Å². The third-order valence-corrected chi connectivity index (χ3v) is 4.62. The van der Waals surface area contributed by atoms with Crippen molar-refractivity contribution in [1.82, 2.24) is 10.3 Å². The smallest absolute Gasteiger partial charge is 0.147 e. The van der Waals surface area contributed by atoms with Crippen molar-refractivity contribution in [2.45, 2.75) is 45.6 Å². The molecule has 0 unspecified atom stereocenters. The molecule has 2 fully saturated rings. The van der Waals surface area contributed by atoms with Gasteiger partial charge in [0.2, 0.25) is 0 Å². The van der Waals surface area contributed by atoms with Gasteiger partial charge in [0.1, 0.15) is 11.9 Å². The van der Waals surface area contributed by atoms with Crippen LogP contribution in [0.1, 0.15) is 42.5 Å². The Morgan fingerprint density at radius 2 is 2.00 bits per heavy atom. The molecule has 0 radical (unpaired) electrons. The lowest BCUT2D eigenvalue weighted by atomic mass is 10.0. The lowest BCUT2D eigenvalue weighted by Crippen LogP contribution is -2.43. The molecule has 2 aliphatic rings. The van der Waals surface area contributed by atoms with E-state index in [-0.39, 0.29) is 0 Å². The summed E-state index contributed by atoms with van der Waals surface area (Å²) in [5, 5.41) is 13.1. The lowest BCUT2D eigenvalue weighted by Gasteiger charge is -2.34. The van der Waals surface area contributed by atoms with Gasteiger partial charge in [-0.05, 0) is 63.6 Å². The minimum Gasteiger partial charge on any atom is -0.355 e. The van der Waals surface area contributed by atoms with E-state index in [0.717, 1.165) is 54.5 Å². The molecule has 0 atom stereocenters. The normalized spacial score (nSPS) is 19.6. The molecule has 0 amide bonds. The van der Waals surface area contributed by atoms with Crippen molar-refractivity contribution in [1.29, 1.82) is 5.26 Å². The summed E-state index contributed by atoms with van der Waals surface area (Å²) in [6.45, 7) is 7.18. The number of anilines is 1. The highest BCUT2D eigenvalue weighted by molar-refractivity contribution is 5.58. The van der Waals surface area contributed by atoms with Crippen LogP contribution in [0.3, 0.4) is 0 Å². The van der Waals surface area contributed by atoms with Crippen LogP contribution in [-0.2, 0) is 0 Å².